The third-order valence-corrected chi connectivity index (χ3v) is 4.70. The fourth-order valence-corrected chi connectivity index (χ4v) is 3.57. The topological polar surface area (TPSA) is 21.3 Å². The molecule has 1 rings (SSSR count). The molecule has 84 valence electrons. The summed E-state index contributed by atoms with van der Waals surface area (Å²) in [7, 11) is -0.202. The zero-order valence-electron chi connectivity index (χ0n) is 9.56. The van der Waals surface area contributed by atoms with Gasteiger partial charge in [0.05, 0.1) is 0 Å². The molecule has 0 unspecified atom stereocenters. The van der Waals surface area contributed by atoms with Crippen LogP contribution >= 0.6 is 0 Å². The average Bonchev–Trinajstić information content (AvgIpc) is 2.25. The lowest BCUT2D eigenvalue weighted by Gasteiger charge is -2.20. The minimum atomic E-state index is -0.202. The monoisotopic (exact) mass is 215 g/mol. The second-order valence-electron chi connectivity index (χ2n) is 4.26. The van der Waals surface area contributed by atoms with E-state index in [0.717, 1.165) is 25.6 Å². The van der Waals surface area contributed by atoms with Crippen LogP contribution in [0.25, 0.3) is 0 Å². The molecule has 0 amide bonds. The summed E-state index contributed by atoms with van der Waals surface area (Å²) in [6, 6.07) is 1.42. The summed E-state index contributed by atoms with van der Waals surface area (Å²) >= 11 is 0. The minimum absolute atomic E-state index is 0.202. The Labute approximate surface area is 90.7 Å². The zero-order chi connectivity index (χ0) is 10.1. The first kappa shape index (κ1) is 12.2. The van der Waals surface area contributed by atoms with Crippen molar-refractivity contribution >= 4 is 9.76 Å². The number of nitrogens with one attached hydrogen (secondary N) is 1. The highest BCUT2D eigenvalue weighted by Gasteiger charge is 2.12. The number of rotatable bonds is 7. The maximum absolute atomic E-state index is 5.71. The van der Waals surface area contributed by atoms with Crippen LogP contribution in [0.1, 0.15) is 39.0 Å². The molecule has 2 nitrogen and oxygen atoms in total. The van der Waals surface area contributed by atoms with Crippen LogP contribution < -0.4 is 5.32 Å². The van der Waals surface area contributed by atoms with Crippen LogP contribution in [-0.2, 0) is 4.43 Å². The number of hydrogen-bond acceptors (Lipinski definition) is 2. The van der Waals surface area contributed by atoms with E-state index < -0.39 is 0 Å². The summed E-state index contributed by atoms with van der Waals surface area (Å²) in [5.41, 5.74) is 0. The molecule has 0 saturated heterocycles. The van der Waals surface area contributed by atoms with Crippen molar-refractivity contribution in [1.82, 2.24) is 5.32 Å². The largest absolute Gasteiger partial charge is 0.423 e. The average molecular weight is 215 g/mol. The zero-order valence-corrected chi connectivity index (χ0v) is 11.0. The Kier molecular flexibility index (Phi) is 7.36. The van der Waals surface area contributed by atoms with Crippen LogP contribution in [0.3, 0.4) is 0 Å². The molecule has 0 aromatic rings. The predicted molar refractivity (Wildman–Crippen MR) is 64.4 cm³/mol. The quantitative estimate of drug-likeness (QED) is 0.515. The van der Waals surface area contributed by atoms with E-state index >= 15 is 0 Å². The lowest BCUT2D eigenvalue weighted by Crippen LogP contribution is -2.20. The molecule has 1 aliphatic carbocycles. The second kappa shape index (κ2) is 8.45. The van der Waals surface area contributed by atoms with Crippen LogP contribution in [0.2, 0.25) is 6.04 Å². The molecular formula is C11H25NOSi. The summed E-state index contributed by atoms with van der Waals surface area (Å²) < 4.78 is 5.71. The Morgan fingerprint density at radius 3 is 2.79 bits per heavy atom. The Bertz CT molecular complexity index is 126. The van der Waals surface area contributed by atoms with Crippen molar-refractivity contribution in [1.29, 1.82) is 0 Å². The molecule has 3 heteroatoms. The van der Waals surface area contributed by atoms with Crippen LogP contribution in [0.5, 0.6) is 0 Å². The first-order valence-electron chi connectivity index (χ1n) is 6.22. The summed E-state index contributed by atoms with van der Waals surface area (Å²) in [5, 5.41) is 3.28. The van der Waals surface area contributed by atoms with Crippen LogP contribution in [0, 0.1) is 5.92 Å². The van der Waals surface area contributed by atoms with Crippen molar-refractivity contribution in [3.8, 4) is 0 Å². The molecule has 0 bridgehead atoms. The van der Waals surface area contributed by atoms with Gasteiger partial charge < -0.3 is 9.74 Å². The summed E-state index contributed by atoms with van der Waals surface area (Å²) in [6.45, 7) is 5.17. The van der Waals surface area contributed by atoms with Gasteiger partial charge in [0, 0.05) is 13.2 Å². The van der Waals surface area contributed by atoms with Gasteiger partial charge >= 0.3 is 0 Å². The summed E-state index contributed by atoms with van der Waals surface area (Å²) in [5.74, 6) is 1.02. The fraction of sp³-hybridized carbons (Fsp3) is 1.00. The molecule has 0 spiro atoms. The van der Waals surface area contributed by atoms with Crippen molar-refractivity contribution in [3.63, 3.8) is 0 Å². The standard InChI is InChI=1S/C11H25NOSi/c1-2-12-8-9-13-14-10-11-6-4-3-5-7-11/h11-12H,2-10,14H2,1H3. The van der Waals surface area contributed by atoms with Gasteiger partial charge in [-0.2, -0.15) is 0 Å². The van der Waals surface area contributed by atoms with Crippen molar-refractivity contribution in [2.75, 3.05) is 19.7 Å². The van der Waals surface area contributed by atoms with Crippen molar-refractivity contribution in [2.24, 2.45) is 5.92 Å². The fourth-order valence-electron chi connectivity index (χ4n) is 2.15. The second-order valence-corrected chi connectivity index (χ2v) is 5.65. The van der Waals surface area contributed by atoms with Gasteiger partial charge in [-0.15, -0.1) is 0 Å². The van der Waals surface area contributed by atoms with Gasteiger partial charge in [-0.25, -0.2) is 0 Å². The normalized spacial score (nSPS) is 19.5. The lowest BCUT2D eigenvalue weighted by molar-refractivity contribution is 0.316. The molecule has 1 aliphatic rings. The Hall–Kier alpha value is 0.137. The Balaban J connectivity index is 1.82. The van der Waals surface area contributed by atoms with Crippen LogP contribution in [0.15, 0.2) is 0 Å². The van der Waals surface area contributed by atoms with Crippen molar-refractivity contribution < 1.29 is 4.43 Å². The third kappa shape index (κ3) is 5.78. The highest BCUT2D eigenvalue weighted by molar-refractivity contribution is 6.27. The van der Waals surface area contributed by atoms with E-state index in [1.54, 1.807) is 0 Å². The molecule has 0 atom stereocenters. The molecule has 0 radical (unpaired) electrons. The summed E-state index contributed by atoms with van der Waals surface area (Å²) in [6.07, 6.45) is 7.36. The SMILES string of the molecule is CCNCCO[SiH2]CC1CCCCC1. The van der Waals surface area contributed by atoms with Crippen molar-refractivity contribution in [3.05, 3.63) is 0 Å². The molecule has 1 N–H and O–H groups in total. The van der Waals surface area contributed by atoms with E-state index in [1.165, 1.54) is 38.1 Å². The van der Waals surface area contributed by atoms with E-state index in [4.69, 9.17) is 4.43 Å². The van der Waals surface area contributed by atoms with Gasteiger partial charge in [-0.1, -0.05) is 39.0 Å². The van der Waals surface area contributed by atoms with Gasteiger partial charge in [0.15, 0.2) is 9.76 Å². The smallest absolute Gasteiger partial charge is 0.161 e. The molecule has 14 heavy (non-hydrogen) atoms. The third-order valence-electron chi connectivity index (χ3n) is 3.07. The molecular weight excluding hydrogens is 190 g/mol. The van der Waals surface area contributed by atoms with Gasteiger partial charge in [0.2, 0.25) is 0 Å². The van der Waals surface area contributed by atoms with Gasteiger partial charge in [-0.05, 0) is 18.5 Å². The predicted octanol–water partition coefficient (Wildman–Crippen LogP) is 1.69. The Morgan fingerprint density at radius 2 is 2.07 bits per heavy atom. The van der Waals surface area contributed by atoms with Gasteiger partial charge in [-0.3, -0.25) is 0 Å². The van der Waals surface area contributed by atoms with Crippen LogP contribution in [0.4, 0.5) is 0 Å². The Morgan fingerprint density at radius 1 is 1.29 bits per heavy atom. The van der Waals surface area contributed by atoms with Gasteiger partial charge in [0.25, 0.3) is 0 Å². The first-order valence-corrected chi connectivity index (χ1v) is 7.79. The van der Waals surface area contributed by atoms with E-state index in [-0.39, 0.29) is 9.76 Å². The van der Waals surface area contributed by atoms with E-state index in [0.29, 0.717) is 0 Å². The van der Waals surface area contributed by atoms with Crippen molar-refractivity contribution in [2.45, 2.75) is 45.1 Å². The van der Waals surface area contributed by atoms with E-state index in [9.17, 15) is 0 Å². The maximum atomic E-state index is 5.71. The lowest BCUT2D eigenvalue weighted by atomic mass is 9.91. The van der Waals surface area contributed by atoms with E-state index in [1.807, 2.05) is 0 Å². The van der Waals surface area contributed by atoms with Gasteiger partial charge in [0.1, 0.15) is 0 Å². The molecule has 0 aromatic heterocycles. The van der Waals surface area contributed by atoms with E-state index in [2.05, 4.69) is 12.2 Å². The highest BCUT2D eigenvalue weighted by Crippen LogP contribution is 2.26. The molecule has 0 aliphatic heterocycles. The minimum Gasteiger partial charge on any atom is -0.423 e. The molecule has 1 fully saturated rings. The summed E-state index contributed by atoms with van der Waals surface area (Å²) in [4.78, 5) is 0. The molecule has 0 heterocycles. The van der Waals surface area contributed by atoms with Crippen LogP contribution in [-0.4, -0.2) is 29.5 Å². The highest BCUT2D eigenvalue weighted by atomic mass is 28.2. The number of hydrogen-bond donors (Lipinski definition) is 1. The number of likely N-dealkylation sites (N-methyl/N-ethyl adjacent to an activating group) is 1. The maximum Gasteiger partial charge on any atom is 0.161 e. The molecule has 0 aromatic carbocycles. The first-order chi connectivity index (χ1) is 6.93. The molecule has 1 saturated carbocycles.